The predicted octanol–water partition coefficient (Wildman–Crippen LogP) is 1.87. The molecule has 1 aliphatic heterocycles. The Hall–Kier alpha value is -1.05. The molecule has 86 valence electrons. The number of nitrogens with zero attached hydrogens (tertiary/aromatic N) is 4. The Bertz CT molecular complexity index is 432. The lowest BCUT2D eigenvalue weighted by molar-refractivity contribution is 0.278. The number of hydrogen-bond donors (Lipinski definition) is 0. The summed E-state index contributed by atoms with van der Waals surface area (Å²) >= 11 is 6.19. The summed E-state index contributed by atoms with van der Waals surface area (Å²) in [4.78, 5) is 2.17. The van der Waals surface area contributed by atoms with E-state index in [9.17, 15) is 0 Å². The summed E-state index contributed by atoms with van der Waals surface area (Å²) < 4.78 is 1.81. The molecule has 0 aliphatic carbocycles. The number of aromatic nitrogens is 2. The van der Waals surface area contributed by atoms with Crippen LogP contribution in [0.3, 0.4) is 0 Å². The van der Waals surface area contributed by atoms with Crippen LogP contribution >= 0.6 is 11.6 Å². The van der Waals surface area contributed by atoms with Crippen molar-refractivity contribution >= 4 is 11.6 Å². The number of halogens is 1. The van der Waals surface area contributed by atoms with E-state index in [-0.39, 0.29) is 6.04 Å². The van der Waals surface area contributed by atoms with Crippen molar-refractivity contribution in [3.8, 4) is 6.07 Å². The molecule has 0 saturated carbocycles. The Morgan fingerprint density at radius 3 is 2.94 bits per heavy atom. The fourth-order valence-electron chi connectivity index (χ4n) is 2.21. The first-order chi connectivity index (χ1) is 7.63. The van der Waals surface area contributed by atoms with Gasteiger partial charge < -0.3 is 0 Å². The first-order valence-corrected chi connectivity index (χ1v) is 5.83. The van der Waals surface area contributed by atoms with Crippen LogP contribution in [0.25, 0.3) is 0 Å². The number of hydrogen-bond acceptors (Lipinski definition) is 3. The van der Waals surface area contributed by atoms with Crippen LogP contribution in [-0.2, 0) is 13.6 Å². The van der Waals surface area contributed by atoms with Crippen LogP contribution < -0.4 is 0 Å². The van der Waals surface area contributed by atoms with Gasteiger partial charge in [-0.05, 0) is 26.3 Å². The molecule has 0 bridgehead atoms. The van der Waals surface area contributed by atoms with E-state index in [4.69, 9.17) is 16.9 Å². The number of aryl methyl sites for hydroxylation is 2. The summed E-state index contributed by atoms with van der Waals surface area (Å²) in [6.45, 7) is 3.59. The number of rotatable bonds is 2. The lowest BCUT2D eigenvalue weighted by Crippen LogP contribution is -2.28. The predicted molar refractivity (Wildman–Crippen MR) is 62.0 cm³/mol. The largest absolute Gasteiger partial charge is 0.282 e. The fraction of sp³-hybridized carbons (Fsp3) is 0.636. The molecule has 0 N–H and O–H groups in total. The molecule has 1 atom stereocenters. The molecule has 2 heterocycles. The first-order valence-electron chi connectivity index (χ1n) is 5.45. The Balaban J connectivity index is 2.18. The van der Waals surface area contributed by atoms with Gasteiger partial charge in [0.15, 0.2) is 0 Å². The smallest absolute Gasteiger partial charge is 0.0981 e. The molecule has 1 fully saturated rings. The van der Waals surface area contributed by atoms with Gasteiger partial charge in [-0.2, -0.15) is 10.4 Å². The maximum atomic E-state index is 9.01. The summed E-state index contributed by atoms with van der Waals surface area (Å²) in [5.74, 6) is 0. The normalized spacial score (nSPS) is 21.2. The highest BCUT2D eigenvalue weighted by Crippen LogP contribution is 2.25. The summed E-state index contributed by atoms with van der Waals surface area (Å²) in [6, 6.07) is 2.37. The summed E-state index contributed by atoms with van der Waals surface area (Å²) in [7, 11) is 1.89. The van der Waals surface area contributed by atoms with E-state index in [1.54, 1.807) is 0 Å². The van der Waals surface area contributed by atoms with Crippen molar-refractivity contribution in [1.29, 1.82) is 5.26 Å². The van der Waals surface area contributed by atoms with Crippen molar-refractivity contribution in [3.05, 3.63) is 16.4 Å². The van der Waals surface area contributed by atoms with Crippen LogP contribution in [0.2, 0.25) is 5.02 Å². The zero-order valence-electron chi connectivity index (χ0n) is 9.57. The van der Waals surface area contributed by atoms with Crippen molar-refractivity contribution in [1.82, 2.24) is 14.7 Å². The van der Waals surface area contributed by atoms with Gasteiger partial charge in [0.1, 0.15) is 0 Å². The van der Waals surface area contributed by atoms with E-state index in [1.807, 2.05) is 18.7 Å². The summed E-state index contributed by atoms with van der Waals surface area (Å²) in [5, 5.41) is 14.0. The van der Waals surface area contributed by atoms with Crippen LogP contribution in [-0.4, -0.2) is 27.3 Å². The molecule has 0 spiro atoms. The minimum Gasteiger partial charge on any atom is -0.282 e. The van der Waals surface area contributed by atoms with E-state index in [2.05, 4.69) is 16.1 Å². The third-order valence-electron chi connectivity index (χ3n) is 3.13. The van der Waals surface area contributed by atoms with Gasteiger partial charge in [-0.3, -0.25) is 9.58 Å². The molecule has 0 radical (unpaired) electrons. The molecule has 0 aromatic carbocycles. The van der Waals surface area contributed by atoms with Gasteiger partial charge in [0.2, 0.25) is 0 Å². The molecule has 4 nitrogen and oxygen atoms in total. The third kappa shape index (κ3) is 1.93. The molecule has 1 aromatic rings. The van der Waals surface area contributed by atoms with Crippen molar-refractivity contribution < 1.29 is 0 Å². The van der Waals surface area contributed by atoms with E-state index >= 15 is 0 Å². The summed E-state index contributed by atoms with van der Waals surface area (Å²) in [6.07, 6.45) is 2.05. The standard InChI is InChI=1S/C11H15ClN4/c1-8-11(12)10(15(2)14-8)7-16-5-3-4-9(16)6-13/h9H,3-5,7H2,1-2H3. The minimum atomic E-state index is 0.0336. The molecular weight excluding hydrogens is 224 g/mol. The van der Waals surface area contributed by atoms with Crippen molar-refractivity contribution in [2.75, 3.05) is 6.54 Å². The molecule has 1 saturated heterocycles. The van der Waals surface area contributed by atoms with Crippen molar-refractivity contribution in [2.24, 2.45) is 7.05 Å². The number of nitriles is 1. The second kappa shape index (κ2) is 4.44. The first kappa shape index (κ1) is 11.4. The zero-order chi connectivity index (χ0) is 11.7. The van der Waals surface area contributed by atoms with Crippen LogP contribution in [0.15, 0.2) is 0 Å². The van der Waals surface area contributed by atoms with Gasteiger partial charge in [-0.25, -0.2) is 0 Å². The van der Waals surface area contributed by atoms with Crippen LogP contribution in [0.1, 0.15) is 24.2 Å². The van der Waals surface area contributed by atoms with Gasteiger partial charge in [0, 0.05) is 13.6 Å². The highest BCUT2D eigenvalue weighted by molar-refractivity contribution is 6.31. The summed E-state index contributed by atoms with van der Waals surface area (Å²) in [5.41, 5.74) is 1.85. The lowest BCUT2D eigenvalue weighted by atomic mass is 10.2. The van der Waals surface area contributed by atoms with E-state index in [0.717, 1.165) is 35.8 Å². The SMILES string of the molecule is Cc1nn(C)c(CN2CCCC2C#N)c1Cl. The van der Waals surface area contributed by atoms with Crippen molar-refractivity contribution in [2.45, 2.75) is 32.4 Å². The topological polar surface area (TPSA) is 44.9 Å². The average molecular weight is 239 g/mol. The van der Waals surface area contributed by atoms with Crippen LogP contribution in [0.5, 0.6) is 0 Å². The zero-order valence-corrected chi connectivity index (χ0v) is 10.3. The molecule has 0 amide bonds. The Morgan fingerprint density at radius 2 is 2.38 bits per heavy atom. The lowest BCUT2D eigenvalue weighted by Gasteiger charge is -2.18. The molecule has 16 heavy (non-hydrogen) atoms. The Kier molecular flexibility index (Phi) is 3.17. The molecule has 5 heteroatoms. The van der Waals surface area contributed by atoms with E-state index in [0.29, 0.717) is 6.54 Å². The molecule has 1 aromatic heterocycles. The van der Waals surface area contributed by atoms with Gasteiger partial charge in [0.05, 0.1) is 28.5 Å². The molecular formula is C11H15ClN4. The van der Waals surface area contributed by atoms with Gasteiger partial charge in [-0.15, -0.1) is 0 Å². The highest BCUT2D eigenvalue weighted by atomic mass is 35.5. The molecule has 2 rings (SSSR count). The quantitative estimate of drug-likeness (QED) is 0.790. The van der Waals surface area contributed by atoms with Gasteiger partial charge in [0.25, 0.3) is 0 Å². The Morgan fingerprint density at radius 1 is 1.62 bits per heavy atom. The molecule has 1 unspecified atom stereocenters. The van der Waals surface area contributed by atoms with Crippen molar-refractivity contribution in [3.63, 3.8) is 0 Å². The Labute approximate surface area is 100 Å². The maximum Gasteiger partial charge on any atom is 0.0981 e. The van der Waals surface area contributed by atoms with E-state index < -0.39 is 0 Å². The number of likely N-dealkylation sites (tertiary alicyclic amines) is 1. The second-order valence-corrected chi connectivity index (χ2v) is 4.61. The fourth-order valence-corrected chi connectivity index (χ4v) is 2.43. The van der Waals surface area contributed by atoms with Crippen LogP contribution in [0.4, 0.5) is 0 Å². The van der Waals surface area contributed by atoms with Gasteiger partial charge in [-0.1, -0.05) is 11.6 Å². The third-order valence-corrected chi connectivity index (χ3v) is 3.62. The maximum absolute atomic E-state index is 9.01. The monoisotopic (exact) mass is 238 g/mol. The molecule has 1 aliphatic rings. The van der Waals surface area contributed by atoms with Gasteiger partial charge >= 0.3 is 0 Å². The highest BCUT2D eigenvalue weighted by Gasteiger charge is 2.26. The second-order valence-electron chi connectivity index (χ2n) is 4.23. The average Bonchev–Trinajstić information content (AvgIpc) is 2.79. The van der Waals surface area contributed by atoms with Crippen LogP contribution in [0, 0.1) is 18.3 Å². The minimum absolute atomic E-state index is 0.0336. The van der Waals surface area contributed by atoms with E-state index in [1.165, 1.54) is 0 Å².